The van der Waals surface area contributed by atoms with Crippen molar-refractivity contribution in [1.29, 1.82) is 0 Å². The fourth-order valence-corrected chi connectivity index (χ4v) is 0.667. The molecule has 0 amide bonds. The summed E-state index contributed by atoms with van der Waals surface area (Å²) >= 11 is 0. The van der Waals surface area contributed by atoms with Gasteiger partial charge < -0.3 is 80.2 Å². The van der Waals surface area contributed by atoms with E-state index in [1.54, 1.807) is 6.92 Å². The summed E-state index contributed by atoms with van der Waals surface area (Å²) in [7, 11) is 0. The maximum Gasteiger partial charge on any atom is 3.00 e. The van der Waals surface area contributed by atoms with Gasteiger partial charge in [0.25, 0.3) is 0 Å². The molecule has 0 bridgehead atoms. The standard InChI is InChI=1S/C9H18.C3H8.3C2H6.C2H5.8CH3.28Y/c1-7(2)9(5,6)8(3)4;1-3-2;4*1-2;;;;;;;;;;;;;;;;;;;;;;;;;;;;;;;;;;;;/h7-8H,5-6H2,1-4H3;3H2,1-2H3;3*1-2H3;1H2,2H3;8*1H3;;;;;;;;;;;;;;;;;;;;;;;;;;;;/q-2;;;;;9*-1;;;;;;;;;;;;;;;;;;;;;;;;;;;;+3. The van der Waals surface area contributed by atoms with E-state index in [1.165, 1.54) is 6.42 Å². The summed E-state index contributed by atoms with van der Waals surface area (Å²) in [4.78, 5) is 0. The summed E-state index contributed by atoms with van der Waals surface area (Å²) in [5.74, 6) is 1.13. The average Bonchev–Trinajstić information content (AvgIpc) is 2.48. The minimum Gasteiger partial charge on any atom is -0.366 e. The second-order valence-electron chi connectivity index (χ2n) is 4.25. The van der Waals surface area contributed by atoms with Crippen LogP contribution >= 0.6 is 0 Å². The van der Waals surface area contributed by atoms with Gasteiger partial charge in [-0.25, -0.2) is 0 Å². The molecule has 0 aliphatic rings. The molecule has 0 rings (SSSR count). The summed E-state index contributed by atoms with van der Waals surface area (Å²) in [6.07, 6.45) is 1.25. The van der Waals surface area contributed by atoms with Crippen LogP contribution in [0.5, 0.6) is 0 Å². The van der Waals surface area contributed by atoms with Crippen LogP contribution in [0, 0.1) is 97.4 Å². The molecule has 0 saturated carbocycles. The van der Waals surface area contributed by atoms with Crippen LogP contribution in [0.3, 0.4) is 0 Å². The van der Waals surface area contributed by atoms with Gasteiger partial charge in [-0.1, -0.05) is 101 Å². The fourth-order valence-electron chi connectivity index (χ4n) is 0.667. The monoisotopic (exact) mass is 2900 g/mol. The summed E-state index contributed by atoms with van der Waals surface area (Å²) in [5, 5.41) is 0. The van der Waals surface area contributed by atoms with Crippen molar-refractivity contribution in [3.8, 4) is 0 Å². The summed E-state index contributed by atoms with van der Waals surface area (Å²) in [5.41, 5.74) is 0.000000000000000222. The molecule has 0 aromatic heterocycles. The zero-order valence-corrected chi connectivity index (χ0v) is 121. The molecule has 0 aromatic rings. The molecule has 0 spiro atoms. The van der Waals surface area contributed by atoms with Gasteiger partial charge >= 0.3 is 32.7 Å². The largest absolute Gasteiger partial charge is 3.00 e. The topological polar surface area (TPSA) is 0 Å². The van der Waals surface area contributed by atoms with Gasteiger partial charge in [-0.15, -0.1) is 0 Å². The van der Waals surface area contributed by atoms with Crippen LogP contribution in [-0.2, 0) is 916 Å². The molecular formula is C28H73Y28-8. The molecule has 0 unspecified atom stereocenters. The predicted molar refractivity (Wildman–Crippen MR) is 155 cm³/mol. The van der Waals surface area contributed by atoms with E-state index >= 15 is 0 Å². The van der Waals surface area contributed by atoms with Gasteiger partial charge in [-0.2, -0.15) is 6.92 Å². The fraction of sp³-hybridized carbons (Fsp3) is 0.607. The van der Waals surface area contributed by atoms with Crippen molar-refractivity contribution in [2.75, 3.05) is 0 Å². The van der Waals surface area contributed by atoms with Crippen molar-refractivity contribution in [2.24, 2.45) is 17.3 Å². The SMILES string of the molecule is CC.CC.CC.CCC.[CH2-]C.[CH2-]C([CH2-])(C(C)C)C(C)C.[CH3-].[CH3-].[CH3-].[CH3-].[CH3-].[CH3-].[CH3-].[CH3-].[Y+3].[Y].[Y].[Y].[Y].[Y].[Y].[Y].[Y].[Y].[Y].[Y].[Y].[Y].[Y].[Y].[Y].[Y].[Y].[Y].[Y].[Y].[Y].[Y].[Y].[Y].[Y].[Y]. The summed E-state index contributed by atoms with van der Waals surface area (Å²) in [6, 6.07) is 0. The first-order valence-corrected chi connectivity index (χ1v) is 8.72. The van der Waals surface area contributed by atoms with Crippen molar-refractivity contribution in [2.45, 2.75) is 96.4 Å². The Morgan fingerprint density at radius 2 is 0.321 bits per heavy atom. The smallest absolute Gasteiger partial charge is 0.366 e. The molecular weight excluding hydrogens is 2830 g/mol. The third-order valence-corrected chi connectivity index (χ3v) is 2.30. The molecule has 56 heavy (non-hydrogen) atoms. The molecule has 28 heteroatoms. The summed E-state index contributed by atoms with van der Waals surface area (Å²) in [6.45, 7) is 38.0. The number of rotatable bonds is 2. The van der Waals surface area contributed by atoms with Crippen molar-refractivity contribution in [3.63, 3.8) is 0 Å². The second-order valence-corrected chi connectivity index (χ2v) is 4.25. The molecule has 277 valence electrons. The van der Waals surface area contributed by atoms with Gasteiger partial charge in [0.2, 0.25) is 0 Å². The van der Waals surface area contributed by atoms with Gasteiger partial charge in [-0.05, 0) is 0 Å². The Morgan fingerprint density at radius 1 is 0.286 bits per heavy atom. The third-order valence-electron chi connectivity index (χ3n) is 2.30. The second kappa shape index (κ2) is 321. The van der Waals surface area contributed by atoms with E-state index in [1.807, 2.05) is 41.5 Å². The zero-order valence-electron chi connectivity index (χ0n) is 41.6. The molecule has 0 aliphatic heterocycles. The van der Waals surface area contributed by atoms with E-state index in [0.717, 1.165) is 0 Å². The molecule has 0 saturated heterocycles. The first-order valence-electron chi connectivity index (χ1n) is 8.72. The normalized spacial score (nSPS) is 2.89. The Morgan fingerprint density at radius 3 is 0.321 bits per heavy atom. The van der Waals surface area contributed by atoms with E-state index in [0.29, 0.717) is 11.8 Å². The molecule has 0 heterocycles. The van der Waals surface area contributed by atoms with Crippen LogP contribution in [0.4, 0.5) is 0 Å². The van der Waals surface area contributed by atoms with Crippen LogP contribution in [0.15, 0.2) is 0 Å². The van der Waals surface area contributed by atoms with Crippen molar-refractivity contribution in [3.05, 3.63) is 80.2 Å². The van der Waals surface area contributed by atoms with E-state index in [4.69, 9.17) is 0 Å². The Hall–Kier alpha value is 30.9. The molecule has 0 N–H and O–H groups in total. The van der Waals surface area contributed by atoms with Crippen molar-refractivity contribution >= 4 is 0 Å². The minimum atomic E-state index is 0. The van der Waals surface area contributed by atoms with Gasteiger partial charge in [-0.3, -0.25) is 5.41 Å². The maximum atomic E-state index is 4.06. The van der Waals surface area contributed by atoms with Gasteiger partial charge in [0.15, 0.2) is 0 Å². The zero-order chi connectivity index (χ0) is 18.4. The minimum absolute atomic E-state index is 0. The van der Waals surface area contributed by atoms with E-state index in [9.17, 15) is 0 Å². The molecule has 0 atom stereocenters. The molecule has 27 radical (unpaired) electrons. The van der Waals surface area contributed by atoms with E-state index in [2.05, 4.69) is 62.3 Å². The first-order chi connectivity index (χ1) is 9.30. The average molecular weight is 2900 g/mol. The van der Waals surface area contributed by atoms with Crippen LogP contribution in [-0.4, -0.2) is 0 Å². The Kier molecular flexibility index (Phi) is 1820. The first kappa shape index (κ1) is 318. The Bertz CT molecular complexity index is 134. The van der Waals surface area contributed by atoms with Crippen LogP contribution in [0.1, 0.15) is 96.4 Å². The van der Waals surface area contributed by atoms with Crippen LogP contribution in [0.25, 0.3) is 0 Å². The summed E-state index contributed by atoms with van der Waals surface area (Å²) < 4.78 is 0. The molecule has 0 fully saturated rings. The molecule has 0 nitrogen and oxygen atoms in total. The van der Waals surface area contributed by atoms with Gasteiger partial charge in [0, 0.05) is 883 Å². The van der Waals surface area contributed by atoms with Crippen molar-refractivity contribution in [1.82, 2.24) is 0 Å². The number of hydrogen-bond acceptors (Lipinski definition) is 0. The molecule has 0 aliphatic carbocycles. The quantitative estimate of drug-likeness (QED) is 0.242. The van der Waals surface area contributed by atoms with Crippen molar-refractivity contribution < 1.29 is 916 Å². The van der Waals surface area contributed by atoms with Crippen LogP contribution in [0.2, 0.25) is 0 Å². The number of hydrogen-bond donors (Lipinski definition) is 0. The van der Waals surface area contributed by atoms with E-state index in [-0.39, 0.29) is 981 Å². The van der Waals surface area contributed by atoms with Crippen LogP contribution < -0.4 is 0 Å². The third kappa shape index (κ3) is 325. The predicted octanol–water partition coefficient (Wildman–Crippen LogP) is 11.8. The Labute approximate surface area is 1070 Å². The van der Waals surface area contributed by atoms with E-state index < -0.39 is 0 Å². The van der Waals surface area contributed by atoms with Gasteiger partial charge in [0.1, 0.15) is 0 Å². The maximum absolute atomic E-state index is 4.06. The Balaban J connectivity index is -0.000000000987. The molecule has 0 aromatic carbocycles. The van der Waals surface area contributed by atoms with Gasteiger partial charge in [0.05, 0.1) is 0 Å².